The zero-order chi connectivity index (χ0) is 23.9. The first kappa shape index (κ1) is 27.1. The maximum absolute atomic E-state index is 12.9. The lowest BCUT2D eigenvalue weighted by atomic mass is 10.2. The van der Waals surface area contributed by atoms with Gasteiger partial charge in [0, 0.05) is 50.0 Å². The minimum Gasteiger partial charge on any atom is -0.492 e. The van der Waals surface area contributed by atoms with E-state index in [2.05, 4.69) is 21.0 Å². The van der Waals surface area contributed by atoms with Crippen LogP contribution in [0.3, 0.4) is 0 Å². The molecule has 8 nitrogen and oxygen atoms in total. The fourth-order valence-electron chi connectivity index (χ4n) is 4.24. The minimum atomic E-state index is -0.828. The number of para-hydroxylation sites is 1. The van der Waals surface area contributed by atoms with Crippen molar-refractivity contribution in [1.29, 1.82) is 0 Å². The Morgan fingerprint density at radius 1 is 1.03 bits per heavy atom. The predicted octanol–water partition coefficient (Wildman–Crippen LogP) is 3.46. The number of hydrogen-bond donors (Lipinski definition) is 1. The Kier molecular flexibility index (Phi) is 10.0. The predicted molar refractivity (Wildman–Crippen MR) is 141 cm³/mol. The van der Waals surface area contributed by atoms with Gasteiger partial charge in [0.05, 0.1) is 6.54 Å². The number of nitrogens with zero attached hydrogens (tertiary/aromatic N) is 5. The molecule has 0 bridgehead atoms. The van der Waals surface area contributed by atoms with E-state index in [0.717, 1.165) is 55.6 Å². The summed E-state index contributed by atoms with van der Waals surface area (Å²) in [4.78, 5) is 17.7. The second kappa shape index (κ2) is 13.0. The van der Waals surface area contributed by atoms with Crippen molar-refractivity contribution in [3.8, 4) is 5.75 Å². The van der Waals surface area contributed by atoms with Crippen molar-refractivity contribution in [3.05, 3.63) is 75.9 Å². The van der Waals surface area contributed by atoms with Crippen LogP contribution < -0.4 is 15.3 Å². The summed E-state index contributed by atoms with van der Waals surface area (Å²) in [6, 6.07) is 17.4. The van der Waals surface area contributed by atoms with Gasteiger partial charge in [-0.1, -0.05) is 35.9 Å². The number of aromatic nitrogens is 3. The summed E-state index contributed by atoms with van der Waals surface area (Å²) < 4.78 is 8.70. The number of aliphatic hydroxyl groups excluding tert-OH is 1. The molecule has 0 radical (unpaired) electrons. The first-order valence-electron chi connectivity index (χ1n) is 11.8. The van der Waals surface area contributed by atoms with Crippen LogP contribution in [0.4, 0.5) is 5.69 Å². The van der Waals surface area contributed by atoms with Crippen LogP contribution in [0.2, 0.25) is 5.02 Å². The van der Waals surface area contributed by atoms with Gasteiger partial charge >= 0.3 is 5.69 Å². The molecule has 1 aliphatic rings. The quantitative estimate of drug-likeness (QED) is 0.440. The molecular formula is C25H33Cl2N5O3. The Morgan fingerprint density at radius 3 is 2.46 bits per heavy atom. The largest absolute Gasteiger partial charge is 0.492 e. The van der Waals surface area contributed by atoms with E-state index in [-0.39, 0.29) is 18.1 Å². The molecule has 0 saturated carbocycles. The highest BCUT2D eigenvalue weighted by molar-refractivity contribution is 6.30. The van der Waals surface area contributed by atoms with Gasteiger partial charge in [0.2, 0.25) is 0 Å². The summed E-state index contributed by atoms with van der Waals surface area (Å²) in [6.45, 7) is 7.51. The zero-order valence-electron chi connectivity index (χ0n) is 19.9. The van der Waals surface area contributed by atoms with E-state index in [9.17, 15) is 9.90 Å². The number of halogens is 2. The fourth-order valence-corrected chi connectivity index (χ4v) is 4.43. The van der Waals surface area contributed by atoms with Crippen LogP contribution in [0.25, 0.3) is 0 Å². The summed E-state index contributed by atoms with van der Waals surface area (Å²) in [7, 11) is 0. The summed E-state index contributed by atoms with van der Waals surface area (Å²) in [5.74, 6) is 1.12. The van der Waals surface area contributed by atoms with E-state index in [0.29, 0.717) is 25.5 Å². The van der Waals surface area contributed by atoms with Gasteiger partial charge in [0.25, 0.3) is 0 Å². The van der Waals surface area contributed by atoms with E-state index in [1.807, 2.05) is 48.5 Å². The number of anilines is 1. The first-order valence-corrected chi connectivity index (χ1v) is 12.2. The normalized spacial score (nSPS) is 15.0. The van der Waals surface area contributed by atoms with Crippen LogP contribution in [0.1, 0.15) is 25.3 Å². The van der Waals surface area contributed by atoms with Crippen molar-refractivity contribution in [1.82, 2.24) is 19.2 Å². The van der Waals surface area contributed by atoms with Crippen LogP contribution in [0.15, 0.2) is 59.4 Å². The zero-order valence-corrected chi connectivity index (χ0v) is 21.5. The van der Waals surface area contributed by atoms with Gasteiger partial charge in [0.1, 0.15) is 18.5 Å². The Bertz CT molecular complexity index is 1110. The average Bonchev–Trinajstić information content (AvgIpc) is 3.16. The third-order valence-electron chi connectivity index (χ3n) is 6.04. The van der Waals surface area contributed by atoms with Crippen LogP contribution in [0, 0.1) is 0 Å². The van der Waals surface area contributed by atoms with Gasteiger partial charge in [-0.2, -0.15) is 5.10 Å². The Morgan fingerprint density at radius 2 is 1.77 bits per heavy atom. The van der Waals surface area contributed by atoms with Gasteiger partial charge < -0.3 is 14.7 Å². The van der Waals surface area contributed by atoms with Crippen LogP contribution >= 0.6 is 24.0 Å². The van der Waals surface area contributed by atoms with Gasteiger partial charge in [-0.15, -0.1) is 12.4 Å². The van der Waals surface area contributed by atoms with Gasteiger partial charge in [-0.25, -0.2) is 9.48 Å². The molecule has 0 aliphatic carbocycles. The first-order chi connectivity index (χ1) is 16.5. The molecule has 4 rings (SSSR count). The summed E-state index contributed by atoms with van der Waals surface area (Å²) >= 11 is 6.13. The highest BCUT2D eigenvalue weighted by Gasteiger charge is 2.19. The molecule has 190 valence electrons. The van der Waals surface area contributed by atoms with Crippen molar-refractivity contribution in [2.75, 3.05) is 44.2 Å². The van der Waals surface area contributed by atoms with E-state index >= 15 is 0 Å². The minimum absolute atomic E-state index is 0. The van der Waals surface area contributed by atoms with E-state index in [1.54, 1.807) is 6.92 Å². The van der Waals surface area contributed by atoms with Gasteiger partial charge in [-0.05, 0) is 43.7 Å². The highest BCUT2D eigenvalue weighted by Crippen LogP contribution is 2.20. The molecule has 1 atom stereocenters. The standard InChI is InChI=1S/C25H32ClN5O3.ClH/c1-20(32)24-27-31(25(33)30(24)17-18-34-23-9-3-2-4-10-23)12-6-11-28-13-15-29(16-14-28)22-8-5-7-21(26)19-22;/h2-5,7-10,19-20,32H,6,11-18H2,1H3;1H. The van der Waals surface area contributed by atoms with Crippen LogP contribution in [-0.4, -0.2) is 63.7 Å². The van der Waals surface area contributed by atoms with Crippen molar-refractivity contribution in [2.24, 2.45) is 0 Å². The molecule has 1 fully saturated rings. The average molecular weight is 522 g/mol. The molecule has 3 aromatic rings. The van der Waals surface area contributed by atoms with Crippen LogP contribution in [0.5, 0.6) is 5.75 Å². The lowest BCUT2D eigenvalue weighted by Crippen LogP contribution is -2.46. The Hall–Kier alpha value is -2.52. The number of benzene rings is 2. The van der Waals surface area contributed by atoms with Crippen molar-refractivity contribution >= 4 is 29.7 Å². The van der Waals surface area contributed by atoms with Crippen molar-refractivity contribution in [2.45, 2.75) is 32.5 Å². The maximum Gasteiger partial charge on any atom is 0.346 e. The maximum atomic E-state index is 12.9. The fraction of sp³-hybridized carbons (Fsp3) is 0.440. The van der Waals surface area contributed by atoms with Crippen molar-refractivity contribution in [3.63, 3.8) is 0 Å². The van der Waals surface area contributed by atoms with Gasteiger partial charge in [0.15, 0.2) is 5.82 Å². The molecule has 0 spiro atoms. The topological polar surface area (TPSA) is 75.8 Å². The number of aryl methyl sites for hydroxylation is 1. The molecule has 1 saturated heterocycles. The molecule has 35 heavy (non-hydrogen) atoms. The Balaban J connectivity index is 0.00000342. The third kappa shape index (κ3) is 7.24. The van der Waals surface area contributed by atoms with E-state index < -0.39 is 6.10 Å². The molecule has 2 aromatic carbocycles. The van der Waals surface area contributed by atoms with Gasteiger partial charge in [-0.3, -0.25) is 9.47 Å². The summed E-state index contributed by atoms with van der Waals surface area (Å²) in [6.07, 6.45) is -0.0151. The molecule has 10 heteroatoms. The third-order valence-corrected chi connectivity index (χ3v) is 6.28. The number of ether oxygens (including phenoxy) is 1. The van der Waals surface area contributed by atoms with E-state index in [1.165, 1.54) is 9.25 Å². The monoisotopic (exact) mass is 521 g/mol. The summed E-state index contributed by atoms with van der Waals surface area (Å²) in [5.41, 5.74) is 0.949. The smallest absolute Gasteiger partial charge is 0.346 e. The van der Waals surface area contributed by atoms with Crippen molar-refractivity contribution < 1.29 is 9.84 Å². The second-order valence-corrected chi connectivity index (χ2v) is 8.95. The highest BCUT2D eigenvalue weighted by atomic mass is 35.5. The molecule has 2 heterocycles. The second-order valence-electron chi connectivity index (χ2n) is 8.52. The summed E-state index contributed by atoms with van der Waals surface area (Å²) in [5, 5.41) is 15.3. The molecule has 0 amide bonds. The molecular weight excluding hydrogens is 489 g/mol. The lowest BCUT2D eigenvalue weighted by Gasteiger charge is -2.36. The number of hydrogen-bond acceptors (Lipinski definition) is 6. The number of aliphatic hydroxyl groups is 1. The molecule has 1 aromatic heterocycles. The Labute approximate surface area is 217 Å². The van der Waals surface area contributed by atoms with Crippen LogP contribution in [-0.2, 0) is 13.1 Å². The number of rotatable bonds is 10. The SMILES string of the molecule is CC(O)c1nn(CCCN2CCN(c3cccc(Cl)c3)CC2)c(=O)n1CCOc1ccccc1.Cl. The molecule has 1 aliphatic heterocycles. The van der Waals surface area contributed by atoms with E-state index in [4.69, 9.17) is 16.3 Å². The molecule has 1 unspecified atom stereocenters. The number of piperazine rings is 1. The lowest BCUT2D eigenvalue weighted by molar-refractivity contribution is 0.179. The molecule has 1 N–H and O–H groups in total.